The molecule has 29 heavy (non-hydrogen) atoms. The van der Waals surface area contributed by atoms with Crippen LogP contribution in [0.2, 0.25) is 0 Å². The van der Waals surface area contributed by atoms with E-state index in [0.717, 1.165) is 33.9 Å². The van der Waals surface area contributed by atoms with Gasteiger partial charge >= 0.3 is 0 Å². The number of carbonyl (C=O) groups is 1. The Morgan fingerprint density at radius 1 is 1.17 bits per heavy atom. The maximum Gasteiger partial charge on any atom is 0.252 e. The summed E-state index contributed by atoms with van der Waals surface area (Å²) in [7, 11) is 3.30. The molecule has 0 saturated carbocycles. The average Bonchev–Trinajstić information content (AvgIpc) is 2.66. The molecule has 5 heteroatoms. The van der Waals surface area contributed by atoms with Gasteiger partial charge in [0.1, 0.15) is 22.8 Å². The van der Waals surface area contributed by atoms with Crippen LogP contribution in [-0.4, -0.2) is 25.7 Å². The second-order valence-electron chi connectivity index (χ2n) is 8.56. The lowest BCUT2D eigenvalue weighted by molar-refractivity contribution is 0.0618. The number of aryl methyl sites for hydroxylation is 1. The molecule has 0 bridgehead atoms. The molecule has 1 amide bonds. The Balaban J connectivity index is 1.96. The molecular weight excluding hydrogens is 366 g/mol. The highest BCUT2D eigenvalue weighted by Crippen LogP contribution is 2.41. The predicted octanol–water partition coefficient (Wildman–Crippen LogP) is 5.17. The van der Waals surface area contributed by atoms with Crippen LogP contribution in [-0.2, 0) is 0 Å². The smallest absolute Gasteiger partial charge is 0.252 e. The minimum absolute atomic E-state index is 0.0940. The van der Waals surface area contributed by atoms with Gasteiger partial charge in [-0.05, 0) is 68.1 Å². The first kappa shape index (κ1) is 21.0. The summed E-state index contributed by atoms with van der Waals surface area (Å²) in [6.07, 6.45) is 0.672. The van der Waals surface area contributed by atoms with Crippen molar-refractivity contribution in [1.82, 2.24) is 5.32 Å². The van der Waals surface area contributed by atoms with Gasteiger partial charge < -0.3 is 19.5 Å². The average molecular weight is 398 g/mol. The molecule has 2 aromatic rings. The molecule has 1 N–H and O–H groups in total. The zero-order valence-electron chi connectivity index (χ0n) is 18.4. The summed E-state index contributed by atoms with van der Waals surface area (Å²) in [4.78, 5) is 13.3. The molecule has 5 nitrogen and oxygen atoms in total. The van der Waals surface area contributed by atoms with Crippen LogP contribution in [0.4, 0.5) is 0 Å². The highest BCUT2D eigenvalue weighted by molar-refractivity contribution is 5.96. The molecule has 0 radical (unpaired) electrons. The van der Waals surface area contributed by atoms with Gasteiger partial charge in [-0.2, -0.15) is 0 Å². The third-order valence-electron chi connectivity index (χ3n) is 5.42. The van der Waals surface area contributed by atoms with Crippen molar-refractivity contribution >= 4 is 5.91 Å². The van der Waals surface area contributed by atoms with E-state index in [9.17, 15) is 4.79 Å². The zero-order valence-corrected chi connectivity index (χ0v) is 18.4. The summed E-state index contributed by atoms with van der Waals surface area (Å²) >= 11 is 0. The maximum absolute atomic E-state index is 13.3. The van der Waals surface area contributed by atoms with E-state index in [2.05, 4.69) is 19.2 Å². The lowest BCUT2D eigenvalue weighted by atomic mass is 9.89. The van der Waals surface area contributed by atoms with Gasteiger partial charge in [-0.1, -0.05) is 13.8 Å². The van der Waals surface area contributed by atoms with E-state index < -0.39 is 0 Å². The molecule has 0 aliphatic carbocycles. The van der Waals surface area contributed by atoms with Crippen LogP contribution < -0.4 is 19.5 Å². The molecule has 3 rings (SSSR count). The first-order valence-electron chi connectivity index (χ1n) is 10.0. The number of nitrogens with one attached hydrogen (secondary N) is 1. The van der Waals surface area contributed by atoms with E-state index in [1.165, 1.54) is 0 Å². The lowest BCUT2D eigenvalue weighted by Crippen LogP contribution is -2.41. The molecule has 1 unspecified atom stereocenters. The molecule has 1 atom stereocenters. The fraction of sp³-hybridized carbons (Fsp3) is 0.458. The second-order valence-corrected chi connectivity index (χ2v) is 8.56. The SMILES string of the molecule is COc1ccc2c(c1)C(NC(=O)c1cc(C(C)C)c(OC)cc1C)CC(C)(C)O2. The van der Waals surface area contributed by atoms with E-state index in [1.54, 1.807) is 14.2 Å². The summed E-state index contributed by atoms with van der Waals surface area (Å²) in [5.74, 6) is 2.50. The highest BCUT2D eigenvalue weighted by atomic mass is 16.5. The molecule has 0 fully saturated rings. The number of amides is 1. The van der Waals surface area contributed by atoms with Gasteiger partial charge in [0, 0.05) is 17.5 Å². The van der Waals surface area contributed by atoms with Crippen LogP contribution >= 0.6 is 0 Å². The molecule has 0 aromatic heterocycles. The molecule has 0 spiro atoms. The fourth-order valence-electron chi connectivity index (χ4n) is 3.90. The molecule has 1 heterocycles. The fourth-order valence-corrected chi connectivity index (χ4v) is 3.90. The summed E-state index contributed by atoms with van der Waals surface area (Å²) in [6, 6.07) is 9.45. The number of hydrogen-bond acceptors (Lipinski definition) is 4. The Morgan fingerprint density at radius 2 is 1.90 bits per heavy atom. The first-order valence-corrected chi connectivity index (χ1v) is 10.0. The maximum atomic E-state index is 13.3. The number of benzene rings is 2. The van der Waals surface area contributed by atoms with Crippen LogP contribution in [0.1, 0.15) is 73.1 Å². The van der Waals surface area contributed by atoms with E-state index in [1.807, 2.05) is 51.1 Å². The van der Waals surface area contributed by atoms with E-state index in [0.29, 0.717) is 12.0 Å². The predicted molar refractivity (Wildman–Crippen MR) is 114 cm³/mol. The van der Waals surface area contributed by atoms with Gasteiger partial charge in [0.15, 0.2) is 0 Å². The largest absolute Gasteiger partial charge is 0.497 e. The Labute approximate surface area is 173 Å². The third kappa shape index (κ3) is 4.34. The normalized spacial score (nSPS) is 17.3. The number of ether oxygens (including phenoxy) is 3. The number of hydrogen-bond donors (Lipinski definition) is 1. The minimum Gasteiger partial charge on any atom is -0.497 e. The van der Waals surface area contributed by atoms with E-state index in [4.69, 9.17) is 14.2 Å². The summed E-state index contributed by atoms with van der Waals surface area (Å²) in [6.45, 7) is 10.2. The number of methoxy groups -OCH3 is 2. The van der Waals surface area contributed by atoms with Crippen molar-refractivity contribution in [3.8, 4) is 17.2 Å². The van der Waals surface area contributed by atoms with Crippen molar-refractivity contribution in [3.63, 3.8) is 0 Å². The highest BCUT2D eigenvalue weighted by Gasteiger charge is 2.35. The second kappa shape index (κ2) is 7.97. The Bertz CT molecular complexity index is 917. The van der Waals surface area contributed by atoms with E-state index >= 15 is 0 Å². The number of fused-ring (bicyclic) bond motifs is 1. The van der Waals surface area contributed by atoms with Gasteiger partial charge in [0.2, 0.25) is 0 Å². The topological polar surface area (TPSA) is 56.8 Å². The molecule has 2 aromatic carbocycles. The Morgan fingerprint density at radius 3 is 2.52 bits per heavy atom. The number of carbonyl (C=O) groups excluding carboxylic acids is 1. The Kier molecular flexibility index (Phi) is 5.78. The van der Waals surface area contributed by atoms with Crippen molar-refractivity contribution in [1.29, 1.82) is 0 Å². The zero-order chi connectivity index (χ0) is 21.3. The van der Waals surface area contributed by atoms with Gasteiger partial charge in [-0.3, -0.25) is 4.79 Å². The minimum atomic E-state index is -0.377. The van der Waals surface area contributed by atoms with Crippen LogP contribution in [0, 0.1) is 6.92 Å². The molecule has 0 saturated heterocycles. The molecule has 156 valence electrons. The first-order chi connectivity index (χ1) is 13.6. The van der Waals surface area contributed by atoms with Gasteiger partial charge in [0.05, 0.1) is 20.3 Å². The third-order valence-corrected chi connectivity index (χ3v) is 5.42. The molecular formula is C24H31NO4. The van der Waals surface area contributed by atoms with Crippen molar-refractivity contribution in [2.24, 2.45) is 0 Å². The van der Waals surface area contributed by atoms with Crippen molar-refractivity contribution in [2.75, 3.05) is 14.2 Å². The van der Waals surface area contributed by atoms with Crippen molar-refractivity contribution in [2.45, 2.75) is 58.6 Å². The van der Waals surface area contributed by atoms with Crippen LogP contribution in [0.5, 0.6) is 17.2 Å². The van der Waals surface area contributed by atoms with Crippen LogP contribution in [0.15, 0.2) is 30.3 Å². The van der Waals surface area contributed by atoms with Gasteiger partial charge in [-0.15, -0.1) is 0 Å². The van der Waals surface area contributed by atoms with Gasteiger partial charge in [0.25, 0.3) is 5.91 Å². The summed E-state index contributed by atoms with van der Waals surface area (Å²) < 4.78 is 17.0. The van der Waals surface area contributed by atoms with Crippen molar-refractivity contribution < 1.29 is 19.0 Å². The quantitative estimate of drug-likeness (QED) is 0.756. The van der Waals surface area contributed by atoms with Crippen LogP contribution in [0.3, 0.4) is 0 Å². The summed E-state index contributed by atoms with van der Waals surface area (Å²) in [5.41, 5.74) is 3.14. The monoisotopic (exact) mass is 397 g/mol. The number of rotatable bonds is 5. The standard InChI is InChI=1S/C24H31NO4/c1-14(2)17-12-18(15(3)10-22(17)28-7)23(26)25-20-13-24(4,5)29-21-9-8-16(27-6)11-19(20)21/h8-12,14,20H,13H2,1-7H3,(H,25,26). The van der Waals surface area contributed by atoms with Crippen LogP contribution in [0.25, 0.3) is 0 Å². The molecule has 1 aliphatic heterocycles. The van der Waals surface area contributed by atoms with E-state index in [-0.39, 0.29) is 23.5 Å². The summed E-state index contributed by atoms with van der Waals surface area (Å²) in [5, 5.41) is 3.23. The van der Waals surface area contributed by atoms with Gasteiger partial charge in [-0.25, -0.2) is 0 Å². The molecule has 1 aliphatic rings. The lowest BCUT2D eigenvalue weighted by Gasteiger charge is -2.38. The van der Waals surface area contributed by atoms with Crippen molar-refractivity contribution in [3.05, 3.63) is 52.6 Å². The Hall–Kier alpha value is -2.69.